The van der Waals surface area contributed by atoms with E-state index in [9.17, 15) is 9.18 Å². The van der Waals surface area contributed by atoms with Gasteiger partial charge in [0.25, 0.3) is 0 Å². The van der Waals surface area contributed by atoms with Crippen LogP contribution in [0, 0.1) is 17.7 Å². The maximum absolute atomic E-state index is 13.5. The lowest BCUT2D eigenvalue weighted by molar-refractivity contribution is -0.147. The Labute approximate surface area is 98.0 Å². The number of rotatable bonds is 3. The van der Waals surface area contributed by atoms with Gasteiger partial charge in [0.15, 0.2) is 0 Å². The van der Waals surface area contributed by atoms with Gasteiger partial charge in [-0.05, 0) is 37.3 Å². The van der Waals surface area contributed by atoms with Gasteiger partial charge in [-0.3, -0.25) is 4.79 Å². The second kappa shape index (κ2) is 4.42. The van der Waals surface area contributed by atoms with Crippen LogP contribution in [0.25, 0.3) is 0 Å². The molecule has 16 heavy (non-hydrogen) atoms. The lowest BCUT2D eigenvalue weighted by Gasteiger charge is -2.33. The Kier molecular flexibility index (Phi) is 3.15. The first-order valence-corrected chi connectivity index (χ1v) is 5.63. The molecule has 1 aliphatic rings. The normalized spacial score (nSPS) is 23.9. The van der Waals surface area contributed by atoms with Crippen molar-refractivity contribution in [2.45, 2.75) is 19.3 Å². The largest absolute Gasteiger partial charge is 0.481 e. The highest BCUT2D eigenvalue weighted by Crippen LogP contribution is 2.38. The van der Waals surface area contributed by atoms with Gasteiger partial charge < -0.3 is 5.11 Å². The molecule has 2 rings (SSSR count). The van der Waals surface area contributed by atoms with E-state index in [-0.39, 0.29) is 17.7 Å². The lowest BCUT2D eigenvalue weighted by Crippen LogP contribution is -2.34. The number of carboxylic acids is 1. The summed E-state index contributed by atoms with van der Waals surface area (Å²) in [7, 11) is 0. The van der Waals surface area contributed by atoms with Crippen LogP contribution in [-0.2, 0) is 11.2 Å². The van der Waals surface area contributed by atoms with Crippen LogP contribution in [0.4, 0.5) is 4.39 Å². The Morgan fingerprint density at radius 3 is 2.75 bits per heavy atom. The summed E-state index contributed by atoms with van der Waals surface area (Å²) in [6.45, 7) is 0. The van der Waals surface area contributed by atoms with Crippen LogP contribution < -0.4 is 0 Å². The number of hydrogen-bond acceptors (Lipinski definition) is 1. The molecule has 1 aliphatic carbocycles. The molecule has 2 atom stereocenters. The van der Waals surface area contributed by atoms with Crippen LogP contribution in [0.1, 0.15) is 18.4 Å². The van der Waals surface area contributed by atoms with Crippen LogP contribution >= 0.6 is 11.6 Å². The summed E-state index contributed by atoms with van der Waals surface area (Å²) in [4.78, 5) is 10.8. The Balaban J connectivity index is 2.13. The SMILES string of the molecule is O=C(O)C1CCC1Cc1c(F)cccc1Cl. The fourth-order valence-electron chi connectivity index (χ4n) is 2.13. The summed E-state index contributed by atoms with van der Waals surface area (Å²) in [5.74, 6) is -1.45. The van der Waals surface area contributed by atoms with Crippen molar-refractivity contribution in [1.29, 1.82) is 0 Å². The minimum Gasteiger partial charge on any atom is -0.481 e. The number of halogens is 2. The molecule has 0 spiro atoms. The van der Waals surface area contributed by atoms with Crippen molar-refractivity contribution in [1.82, 2.24) is 0 Å². The topological polar surface area (TPSA) is 37.3 Å². The molecule has 0 amide bonds. The average molecular weight is 243 g/mol. The first-order valence-electron chi connectivity index (χ1n) is 5.25. The van der Waals surface area contributed by atoms with E-state index >= 15 is 0 Å². The van der Waals surface area contributed by atoms with E-state index in [1.165, 1.54) is 6.07 Å². The van der Waals surface area contributed by atoms with E-state index in [0.717, 1.165) is 6.42 Å². The highest BCUT2D eigenvalue weighted by molar-refractivity contribution is 6.31. The molecule has 0 heterocycles. The van der Waals surface area contributed by atoms with Crippen molar-refractivity contribution in [3.63, 3.8) is 0 Å². The van der Waals surface area contributed by atoms with Crippen LogP contribution in [0.3, 0.4) is 0 Å². The monoisotopic (exact) mass is 242 g/mol. The van der Waals surface area contributed by atoms with E-state index < -0.39 is 5.97 Å². The lowest BCUT2D eigenvalue weighted by atomic mass is 9.71. The predicted molar refractivity (Wildman–Crippen MR) is 59.0 cm³/mol. The third-order valence-corrected chi connectivity index (χ3v) is 3.62. The van der Waals surface area contributed by atoms with E-state index in [1.807, 2.05) is 0 Å². The molecule has 1 aromatic carbocycles. The zero-order valence-electron chi connectivity index (χ0n) is 8.62. The van der Waals surface area contributed by atoms with E-state index in [4.69, 9.17) is 16.7 Å². The van der Waals surface area contributed by atoms with Gasteiger partial charge in [0.05, 0.1) is 5.92 Å². The molecule has 86 valence electrons. The van der Waals surface area contributed by atoms with Crippen LogP contribution in [0.15, 0.2) is 18.2 Å². The Morgan fingerprint density at radius 1 is 1.50 bits per heavy atom. The van der Waals surface area contributed by atoms with Gasteiger partial charge in [-0.15, -0.1) is 0 Å². The van der Waals surface area contributed by atoms with Crippen molar-refractivity contribution in [3.8, 4) is 0 Å². The summed E-state index contributed by atoms with van der Waals surface area (Å²) < 4.78 is 13.5. The predicted octanol–water partition coefficient (Wildman–Crippen LogP) is 3.13. The number of benzene rings is 1. The van der Waals surface area contributed by atoms with Gasteiger partial charge in [-0.1, -0.05) is 17.7 Å². The zero-order chi connectivity index (χ0) is 11.7. The fourth-order valence-corrected chi connectivity index (χ4v) is 2.37. The van der Waals surface area contributed by atoms with Crippen molar-refractivity contribution in [3.05, 3.63) is 34.6 Å². The molecular formula is C12H12ClFO2. The summed E-state index contributed by atoms with van der Waals surface area (Å²) in [5, 5.41) is 9.28. The summed E-state index contributed by atoms with van der Waals surface area (Å²) in [5.41, 5.74) is 0.445. The Morgan fingerprint density at radius 2 is 2.25 bits per heavy atom. The molecule has 1 saturated carbocycles. The van der Waals surface area contributed by atoms with E-state index in [1.54, 1.807) is 12.1 Å². The molecule has 1 fully saturated rings. The molecule has 4 heteroatoms. The Bertz CT molecular complexity index is 399. The zero-order valence-corrected chi connectivity index (χ0v) is 9.38. The van der Waals surface area contributed by atoms with Crippen molar-refractivity contribution in [2.75, 3.05) is 0 Å². The smallest absolute Gasteiger partial charge is 0.306 e. The minimum atomic E-state index is -0.788. The first-order chi connectivity index (χ1) is 7.59. The average Bonchev–Trinajstić information content (AvgIpc) is 2.14. The van der Waals surface area contributed by atoms with Crippen LogP contribution in [0.5, 0.6) is 0 Å². The highest BCUT2D eigenvalue weighted by atomic mass is 35.5. The Hall–Kier alpha value is -1.09. The van der Waals surface area contributed by atoms with Crippen molar-refractivity contribution >= 4 is 17.6 Å². The second-order valence-corrected chi connectivity index (χ2v) is 4.59. The van der Waals surface area contributed by atoms with Crippen LogP contribution in [0.2, 0.25) is 5.02 Å². The molecule has 1 N–H and O–H groups in total. The summed E-state index contributed by atoms with van der Waals surface area (Å²) in [6.07, 6.45) is 1.94. The second-order valence-electron chi connectivity index (χ2n) is 4.19. The van der Waals surface area contributed by atoms with Gasteiger partial charge in [0.1, 0.15) is 5.82 Å². The third-order valence-electron chi connectivity index (χ3n) is 3.26. The minimum absolute atomic E-state index is 0.0203. The van der Waals surface area contributed by atoms with Gasteiger partial charge in [-0.25, -0.2) is 4.39 Å². The molecule has 2 nitrogen and oxygen atoms in total. The summed E-state index contributed by atoms with van der Waals surface area (Å²) in [6, 6.07) is 4.54. The number of hydrogen-bond donors (Lipinski definition) is 1. The first kappa shape index (κ1) is 11.4. The fraction of sp³-hybridized carbons (Fsp3) is 0.417. The third kappa shape index (κ3) is 2.05. The van der Waals surface area contributed by atoms with Crippen molar-refractivity contribution in [2.24, 2.45) is 11.8 Å². The van der Waals surface area contributed by atoms with Crippen molar-refractivity contribution < 1.29 is 14.3 Å². The molecule has 0 bridgehead atoms. The van der Waals surface area contributed by atoms with Gasteiger partial charge in [0, 0.05) is 10.6 Å². The molecule has 0 aromatic heterocycles. The number of aliphatic carboxylic acids is 1. The maximum Gasteiger partial charge on any atom is 0.306 e. The quantitative estimate of drug-likeness (QED) is 0.884. The maximum atomic E-state index is 13.5. The van der Waals surface area contributed by atoms with Gasteiger partial charge in [-0.2, -0.15) is 0 Å². The summed E-state index contributed by atoms with van der Waals surface area (Å²) >= 11 is 5.89. The van der Waals surface area contributed by atoms with Gasteiger partial charge >= 0.3 is 5.97 Å². The van der Waals surface area contributed by atoms with E-state index in [2.05, 4.69) is 0 Å². The number of carboxylic acid groups (broad SMARTS) is 1. The highest BCUT2D eigenvalue weighted by Gasteiger charge is 2.37. The molecule has 0 aliphatic heterocycles. The molecule has 0 radical (unpaired) electrons. The molecule has 0 saturated heterocycles. The van der Waals surface area contributed by atoms with Crippen LogP contribution in [-0.4, -0.2) is 11.1 Å². The number of carbonyl (C=O) groups is 1. The van der Waals surface area contributed by atoms with Gasteiger partial charge in [0.2, 0.25) is 0 Å². The standard InChI is InChI=1S/C12H12ClFO2/c13-10-2-1-3-11(14)9(10)6-7-4-5-8(7)12(15)16/h1-3,7-8H,4-6H2,(H,15,16). The molecule has 2 unspecified atom stereocenters. The molecule has 1 aromatic rings. The van der Waals surface area contributed by atoms with E-state index in [0.29, 0.717) is 23.4 Å². The molecular weight excluding hydrogens is 231 g/mol.